The summed E-state index contributed by atoms with van der Waals surface area (Å²) in [6, 6.07) is 2.99. The fraction of sp³-hybridized carbons (Fsp3) is 0. The Kier molecular flexibility index (Phi) is 3.22. The van der Waals surface area contributed by atoms with Crippen LogP contribution in [0.2, 0.25) is 0 Å². The minimum absolute atomic E-state index is 0.0968. The standard InChI is InChI=1S/C8H4N8O4/c9-13-12-8-10-4-11-14(8)6-2-1-5(15(17)18)3-7(6)16(19)20/h1-4H. The van der Waals surface area contributed by atoms with Crippen molar-refractivity contribution in [1.82, 2.24) is 14.8 Å². The second kappa shape index (κ2) is 4.99. The summed E-state index contributed by atoms with van der Waals surface area (Å²) in [5, 5.41) is 28.5. The van der Waals surface area contributed by atoms with E-state index in [-0.39, 0.29) is 11.6 Å². The van der Waals surface area contributed by atoms with Gasteiger partial charge >= 0.3 is 5.69 Å². The van der Waals surface area contributed by atoms with Crippen molar-refractivity contribution in [3.63, 3.8) is 0 Å². The minimum Gasteiger partial charge on any atom is -0.258 e. The first kappa shape index (κ1) is 12.9. The number of hydrogen-bond acceptors (Lipinski definition) is 7. The lowest BCUT2D eigenvalue weighted by molar-refractivity contribution is -0.394. The molecule has 12 nitrogen and oxygen atoms in total. The minimum atomic E-state index is -0.802. The van der Waals surface area contributed by atoms with Gasteiger partial charge in [0.05, 0.1) is 15.9 Å². The van der Waals surface area contributed by atoms with E-state index < -0.39 is 21.2 Å². The molecule has 1 aromatic carbocycles. The normalized spacial score (nSPS) is 9.80. The maximum Gasteiger partial charge on any atom is 0.301 e. The van der Waals surface area contributed by atoms with Gasteiger partial charge in [-0.1, -0.05) is 0 Å². The van der Waals surface area contributed by atoms with E-state index in [1.165, 1.54) is 0 Å². The molecule has 20 heavy (non-hydrogen) atoms. The summed E-state index contributed by atoms with van der Waals surface area (Å²) in [4.78, 5) is 26.2. The Morgan fingerprint density at radius 3 is 2.65 bits per heavy atom. The van der Waals surface area contributed by atoms with Crippen LogP contribution < -0.4 is 0 Å². The number of nitrogens with zero attached hydrogens (tertiary/aromatic N) is 8. The van der Waals surface area contributed by atoms with Gasteiger partial charge in [-0.05, 0) is 16.7 Å². The molecule has 0 unspecified atom stereocenters. The van der Waals surface area contributed by atoms with Crippen molar-refractivity contribution in [3.05, 3.63) is 55.2 Å². The molecule has 0 bridgehead atoms. The lowest BCUT2D eigenvalue weighted by atomic mass is 10.2. The third-order valence-electron chi connectivity index (χ3n) is 2.26. The Hall–Kier alpha value is -3.53. The van der Waals surface area contributed by atoms with Gasteiger partial charge in [-0.15, -0.1) is 0 Å². The van der Waals surface area contributed by atoms with Crippen LogP contribution in [0.5, 0.6) is 0 Å². The number of nitro benzene ring substituents is 2. The molecule has 0 saturated carbocycles. The first-order valence-corrected chi connectivity index (χ1v) is 4.93. The number of azide groups is 1. The van der Waals surface area contributed by atoms with Crippen molar-refractivity contribution in [1.29, 1.82) is 0 Å². The van der Waals surface area contributed by atoms with E-state index in [4.69, 9.17) is 5.53 Å². The highest BCUT2D eigenvalue weighted by Gasteiger charge is 2.22. The third kappa shape index (κ3) is 2.21. The highest BCUT2D eigenvalue weighted by atomic mass is 16.6. The molecule has 100 valence electrons. The van der Waals surface area contributed by atoms with Gasteiger partial charge in [-0.2, -0.15) is 5.10 Å². The Balaban J connectivity index is 2.67. The molecule has 0 aliphatic heterocycles. The zero-order chi connectivity index (χ0) is 14.7. The van der Waals surface area contributed by atoms with Crippen LogP contribution in [-0.4, -0.2) is 24.6 Å². The van der Waals surface area contributed by atoms with Crippen LogP contribution in [-0.2, 0) is 0 Å². The van der Waals surface area contributed by atoms with E-state index in [9.17, 15) is 20.2 Å². The molecule has 12 heteroatoms. The van der Waals surface area contributed by atoms with Gasteiger partial charge in [0.25, 0.3) is 5.69 Å². The van der Waals surface area contributed by atoms with Crippen LogP contribution in [0.3, 0.4) is 0 Å². The van der Waals surface area contributed by atoms with Crippen molar-refractivity contribution in [2.75, 3.05) is 0 Å². The smallest absolute Gasteiger partial charge is 0.258 e. The summed E-state index contributed by atoms with van der Waals surface area (Å²) in [7, 11) is 0. The Labute approximate surface area is 109 Å². The molecule has 0 N–H and O–H groups in total. The molecule has 1 aromatic heterocycles. The van der Waals surface area contributed by atoms with Crippen LogP contribution in [0.25, 0.3) is 16.1 Å². The molecular weight excluding hydrogens is 272 g/mol. The predicted octanol–water partition coefficient (Wildman–Crippen LogP) is 2.03. The molecule has 0 amide bonds. The highest BCUT2D eigenvalue weighted by Crippen LogP contribution is 2.29. The number of hydrogen-bond donors (Lipinski definition) is 0. The van der Waals surface area contributed by atoms with Crippen molar-refractivity contribution < 1.29 is 9.85 Å². The summed E-state index contributed by atoms with van der Waals surface area (Å²) in [6.45, 7) is 0. The number of benzene rings is 1. The van der Waals surface area contributed by atoms with E-state index in [2.05, 4.69) is 20.1 Å². The third-order valence-corrected chi connectivity index (χ3v) is 2.26. The lowest BCUT2D eigenvalue weighted by Gasteiger charge is -2.03. The molecule has 2 rings (SSSR count). The highest BCUT2D eigenvalue weighted by molar-refractivity contribution is 5.59. The van der Waals surface area contributed by atoms with E-state index >= 15 is 0 Å². The number of non-ortho nitro benzene ring substituents is 1. The van der Waals surface area contributed by atoms with Gasteiger partial charge < -0.3 is 0 Å². The molecule has 1 heterocycles. The average Bonchev–Trinajstić information content (AvgIpc) is 2.86. The van der Waals surface area contributed by atoms with Gasteiger partial charge in [0, 0.05) is 11.0 Å². The monoisotopic (exact) mass is 276 g/mol. The van der Waals surface area contributed by atoms with Gasteiger partial charge in [0.2, 0.25) is 5.95 Å². The molecule has 0 aliphatic rings. The zero-order valence-corrected chi connectivity index (χ0v) is 9.52. The van der Waals surface area contributed by atoms with Crippen LogP contribution in [0.1, 0.15) is 0 Å². The second-order valence-corrected chi connectivity index (χ2v) is 3.35. The quantitative estimate of drug-likeness (QED) is 0.272. The van der Waals surface area contributed by atoms with Crippen LogP contribution in [0.15, 0.2) is 29.6 Å². The van der Waals surface area contributed by atoms with Crippen molar-refractivity contribution in [3.8, 4) is 5.69 Å². The van der Waals surface area contributed by atoms with Crippen LogP contribution in [0, 0.1) is 20.2 Å². The zero-order valence-electron chi connectivity index (χ0n) is 9.52. The average molecular weight is 276 g/mol. The summed E-state index contributed by atoms with van der Waals surface area (Å²) in [6.07, 6.45) is 1.04. The van der Waals surface area contributed by atoms with Gasteiger partial charge in [0.1, 0.15) is 12.0 Å². The van der Waals surface area contributed by atoms with Gasteiger partial charge in [0.15, 0.2) is 0 Å². The van der Waals surface area contributed by atoms with Crippen molar-refractivity contribution in [2.45, 2.75) is 0 Å². The summed E-state index contributed by atoms with van der Waals surface area (Å²) in [5.74, 6) is -0.218. The van der Waals surface area contributed by atoms with E-state index in [0.717, 1.165) is 29.2 Å². The first-order chi connectivity index (χ1) is 9.54. The largest absolute Gasteiger partial charge is 0.301 e. The van der Waals surface area contributed by atoms with Crippen molar-refractivity contribution in [2.24, 2.45) is 5.11 Å². The summed E-state index contributed by atoms with van der Waals surface area (Å²) in [5.41, 5.74) is 7.27. The SMILES string of the molecule is [N-]=[N+]=Nc1ncnn1-c1ccc([N+](=O)[O-])cc1[N+](=O)[O-]. The second-order valence-electron chi connectivity index (χ2n) is 3.35. The van der Waals surface area contributed by atoms with Gasteiger partial charge in [-0.3, -0.25) is 20.2 Å². The molecule has 0 aliphatic carbocycles. The topological polar surface area (TPSA) is 166 Å². The molecule has 0 saturated heterocycles. The number of aromatic nitrogens is 3. The van der Waals surface area contributed by atoms with Gasteiger partial charge in [-0.25, -0.2) is 9.67 Å². The molecule has 0 radical (unpaired) electrons. The van der Waals surface area contributed by atoms with E-state index in [0.29, 0.717) is 0 Å². The predicted molar refractivity (Wildman–Crippen MR) is 63.5 cm³/mol. The first-order valence-electron chi connectivity index (χ1n) is 4.93. The van der Waals surface area contributed by atoms with Crippen molar-refractivity contribution >= 4 is 17.3 Å². The van der Waals surface area contributed by atoms with Crippen LogP contribution in [0.4, 0.5) is 17.3 Å². The fourth-order valence-corrected chi connectivity index (χ4v) is 1.46. The molecular formula is C8H4N8O4. The van der Waals surface area contributed by atoms with E-state index in [1.54, 1.807) is 0 Å². The Morgan fingerprint density at radius 2 is 2.05 bits per heavy atom. The summed E-state index contributed by atoms with van der Waals surface area (Å²) >= 11 is 0. The number of nitro groups is 2. The van der Waals surface area contributed by atoms with Crippen LogP contribution >= 0.6 is 0 Å². The molecule has 0 atom stereocenters. The Morgan fingerprint density at radius 1 is 1.30 bits per heavy atom. The number of rotatable bonds is 4. The summed E-state index contributed by atoms with van der Waals surface area (Å²) < 4.78 is 0.918. The molecule has 0 spiro atoms. The lowest BCUT2D eigenvalue weighted by Crippen LogP contribution is -2.02. The molecule has 0 fully saturated rings. The maximum atomic E-state index is 11.0. The fourth-order valence-electron chi connectivity index (χ4n) is 1.46. The maximum absolute atomic E-state index is 11.0. The molecule has 2 aromatic rings. The van der Waals surface area contributed by atoms with E-state index in [1.807, 2.05) is 0 Å². The Bertz CT molecular complexity index is 747.